The van der Waals surface area contributed by atoms with Crippen LogP contribution in [0.1, 0.15) is 35.7 Å². The van der Waals surface area contributed by atoms with Gasteiger partial charge >= 0.3 is 0 Å². The van der Waals surface area contributed by atoms with Crippen molar-refractivity contribution in [3.05, 3.63) is 52.9 Å². The molecule has 0 atom stereocenters. The molecule has 0 unspecified atom stereocenters. The molecule has 2 aromatic heterocycles. The fourth-order valence-electron chi connectivity index (χ4n) is 2.10. The van der Waals surface area contributed by atoms with Gasteiger partial charge < -0.3 is 0 Å². The van der Waals surface area contributed by atoms with Crippen molar-refractivity contribution < 1.29 is 4.79 Å². The predicted octanol–water partition coefficient (Wildman–Crippen LogP) is 4.63. The van der Waals surface area contributed by atoms with Crippen molar-refractivity contribution in [3.8, 4) is 10.7 Å². The number of H-pyrrole nitrogens is 1. The fraction of sp³-hybridized carbons (Fsp3) is 0.235. The third kappa shape index (κ3) is 3.89. The van der Waals surface area contributed by atoms with Crippen LogP contribution in [0, 0.1) is 0 Å². The molecule has 2 heterocycles. The number of hydrogen-bond acceptors (Lipinski definition) is 5. The Hall–Kier alpha value is -1.92. The van der Waals surface area contributed by atoms with Crippen LogP contribution in [-0.2, 0) is 0 Å². The summed E-state index contributed by atoms with van der Waals surface area (Å²) in [6.45, 7) is 4.28. The highest BCUT2D eigenvalue weighted by Gasteiger charge is 2.11. The molecule has 3 rings (SSSR count). The lowest BCUT2D eigenvalue weighted by Crippen LogP contribution is -2.03. The number of carbonyl (C=O) groups excluding carboxylic acids is 1. The lowest BCUT2D eigenvalue weighted by Gasteiger charge is -2.05. The Bertz CT molecular complexity index is 777. The van der Waals surface area contributed by atoms with Gasteiger partial charge in [-0.15, -0.1) is 16.4 Å². The number of ketones is 1. The van der Waals surface area contributed by atoms with Gasteiger partial charge in [0.2, 0.25) is 5.16 Å². The lowest BCUT2D eigenvalue weighted by molar-refractivity contribution is 0.102. The van der Waals surface area contributed by atoms with Crippen LogP contribution in [-0.4, -0.2) is 26.7 Å². The standard InChI is InChI=1S/C17H17N3OS2/c1-11(2)12-5-7-13(8-6-12)14(21)10-23-17-18-16(19-20-17)15-4-3-9-22-15/h3-9,11H,10H2,1-2H3,(H,18,19,20). The van der Waals surface area contributed by atoms with Crippen LogP contribution in [0.25, 0.3) is 10.7 Å². The summed E-state index contributed by atoms with van der Waals surface area (Å²) in [4.78, 5) is 17.7. The molecule has 0 fully saturated rings. The maximum Gasteiger partial charge on any atom is 0.209 e. The molecule has 1 N–H and O–H groups in total. The van der Waals surface area contributed by atoms with Crippen molar-refractivity contribution in [2.75, 3.05) is 5.75 Å². The number of benzene rings is 1. The molecule has 0 aliphatic carbocycles. The van der Waals surface area contributed by atoms with Gasteiger partial charge in [0.25, 0.3) is 0 Å². The quantitative estimate of drug-likeness (QED) is 0.523. The zero-order chi connectivity index (χ0) is 16.2. The Labute approximate surface area is 143 Å². The number of carbonyl (C=O) groups is 1. The second-order valence-electron chi connectivity index (χ2n) is 5.43. The maximum absolute atomic E-state index is 12.3. The summed E-state index contributed by atoms with van der Waals surface area (Å²) in [5, 5.41) is 9.66. The van der Waals surface area contributed by atoms with E-state index in [-0.39, 0.29) is 5.78 Å². The van der Waals surface area contributed by atoms with Gasteiger partial charge in [-0.1, -0.05) is 55.9 Å². The van der Waals surface area contributed by atoms with Crippen LogP contribution in [0.4, 0.5) is 0 Å². The van der Waals surface area contributed by atoms with Crippen molar-refractivity contribution in [2.45, 2.75) is 24.9 Å². The second kappa shape index (κ2) is 7.10. The first-order chi connectivity index (χ1) is 11.1. The van der Waals surface area contributed by atoms with Crippen molar-refractivity contribution >= 4 is 28.9 Å². The monoisotopic (exact) mass is 343 g/mol. The lowest BCUT2D eigenvalue weighted by atomic mass is 10.0. The van der Waals surface area contributed by atoms with Gasteiger partial charge in [0.15, 0.2) is 11.6 Å². The molecule has 4 nitrogen and oxygen atoms in total. The molecular weight excluding hydrogens is 326 g/mol. The number of rotatable bonds is 6. The van der Waals surface area contributed by atoms with Gasteiger partial charge in [-0.2, -0.15) is 0 Å². The number of thiophene rings is 1. The Morgan fingerprint density at radius 1 is 1.26 bits per heavy atom. The van der Waals surface area contributed by atoms with E-state index in [4.69, 9.17) is 0 Å². The summed E-state index contributed by atoms with van der Waals surface area (Å²) < 4.78 is 0. The Balaban J connectivity index is 1.60. The summed E-state index contributed by atoms with van der Waals surface area (Å²) >= 11 is 2.96. The van der Waals surface area contributed by atoms with E-state index in [0.29, 0.717) is 16.8 Å². The molecule has 0 aliphatic rings. The number of Topliss-reactive ketones (excluding diaryl/α,β-unsaturated/α-hetero) is 1. The Morgan fingerprint density at radius 3 is 2.70 bits per heavy atom. The van der Waals surface area contributed by atoms with Crippen LogP contribution in [0.2, 0.25) is 0 Å². The van der Waals surface area contributed by atoms with Crippen molar-refractivity contribution in [1.29, 1.82) is 0 Å². The third-order valence-corrected chi connectivity index (χ3v) is 5.18. The number of nitrogens with one attached hydrogen (secondary N) is 1. The molecule has 118 valence electrons. The highest BCUT2D eigenvalue weighted by Crippen LogP contribution is 2.23. The molecule has 1 aromatic carbocycles. The van der Waals surface area contributed by atoms with E-state index in [1.807, 2.05) is 41.8 Å². The number of aromatic nitrogens is 3. The van der Waals surface area contributed by atoms with E-state index < -0.39 is 0 Å². The fourth-order valence-corrected chi connectivity index (χ4v) is 3.46. The van der Waals surface area contributed by atoms with Crippen LogP contribution in [0.15, 0.2) is 46.9 Å². The van der Waals surface area contributed by atoms with Gasteiger partial charge in [0, 0.05) is 5.56 Å². The SMILES string of the molecule is CC(C)c1ccc(C(=O)CSc2n[nH]c(-c3cccs3)n2)cc1. The largest absolute Gasteiger partial charge is 0.293 e. The van der Waals surface area contributed by atoms with Crippen LogP contribution >= 0.6 is 23.1 Å². The van der Waals surface area contributed by atoms with Gasteiger partial charge in [-0.25, -0.2) is 4.98 Å². The minimum atomic E-state index is 0.0905. The van der Waals surface area contributed by atoms with Crippen LogP contribution < -0.4 is 0 Å². The first kappa shape index (κ1) is 16.0. The van der Waals surface area contributed by atoms with Gasteiger partial charge in [0.05, 0.1) is 10.6 Å². The highest BCUT2D eigenvalue weighted by atomic mass is 32.2. The molecule has 0 saturated heterocycles. The first-order valence-corrected chi connectivity index (χ1v) is 9.22. The van der Waals surface area contributed by atoms with Gasteiger partial charge in [-0.3, -0.25) is 9.89 Å². The zero-order valence-corrected chi connectivity index (χ0v) is 14.6. The molecule has 23 heavy (non-hydrogen) atoms. The van der Waals surface area contributed by atoms with Crippen molar-refractivity contribution in [3.63, 3.8) is 0 Å². The summed E-state index contributed by atoms with van der Waals surface area (Å²) in [5.41, 5.74) is 1.97. The smallest absolute Gasteiger partial charge is 0.209 e. The molecule has 0 aliphatic heterocycles. The molecule has 6 heteroatoms. The molecule has 0 amide bonds. The number of hydrogen-bond donors (Lipinski definition) is 1. The van der Waals surface area contributed by atoms with Gasteiger partial charge in [0.1, 0.15) is 0 Å². The minimum absolute atomic E-state index is 0.0905. The number of thioether (sulfide) groups is 1. The van der Waals surface area contributed by atoms with Crippen LogP contribution in [0.5, 0.6) is 0 Å². The second-order valence-corrected chi connectivity index (χ2v) is 7.32. The molecule has 0 bridgehead atoms. The van der Waals surface area contributed by atoms with Crippen LogP contribution in [0.3, 0.4) is 0 Å². The van der Waals surface area contributed by atoms with E-state index in [2.05, 4.69) is 29.0 Å². The summed E-state index contributed by atoms with van der Waals surface area (Å²) in [6.07, 6.45) is 0. The van der Waals surface area contributed by atoms with Crippen molar-refractivity contribution in [1.82, 2.24) is 15.2 Å². The Morgan fingerprint density at radius 2 is 2.04 bits per heavy atom. The van der Waals surface area contributed by atoms with E-state index in [9.17, 15) is 4.79 Å². The van der Waals surface area contributed by atoms with E-state index >= 15 is 0 Å². The third-order valence-electron chi connectivity index (χ3n) is 3.45. The maximum atomic E-state index is 12.3. The van der Waals surface area contributed by atoms with Gasteiger partial charge in [-0.05, 0) is 22.9 Å². The normalized spacial score (nSPS) is 11.1. The molecule has 3 aromatic rings. The summed E-state index contributed by atoms with van der Waals surface area (Å²) in [7, 11) is 0. The van der Waals surface area contributed by atoms with E-state index in [1.165, 1.54) is 17.3 Å². The number of nitrogens with zero attached hydrogens (tertiary/aromatic N) is 2. The number of aromatic amines is 1. The average Bonchev–Trinajstić information content (AvgIpc) is 3.23. The molecular formula is C17H17N3OS2. The highest BCUT2D eigenvalue weighted by molar-refractivity contribution is 7.99. The summed E-state index contributed by atoms with van der Waals surface area (Å²) in [6, 6.07) is 11.8. The molecule has 0 radical (unpaired) electrons. The topological polar surface area (TPSA) is 58.6 Å². The molecule has 0 saturated carbocycles. The molecule has 0 spiro atoms. The van der Waals surface area contributed by atoms with E-state index in [0.717, 1.165) is 16.3 Å². The zero-order valence-electron chi connectivity index (χ0n) is 12.9. The first-order valence-electron chi connectivity index (χ1n) is 7.35. The predicted molar refractivity (Wildman–Crippen MR) is 95.3 cm³/mol. The van der Waals surface area contributed by atoms with E-state index in [1.54, 1.807) is 11.3 Å². The minimum Gasteiger partial charge on any atom is -0.293 e. The average molecular weight is 343 g/mol. The van der Waals surface area contributed by atoms with Crippen molar-refractivity contribution in [2.24, 2.45) is 0 Å². The Kier molecular flexibility index (Phi) is 4.93. The summed E-state index contributed by atoms with van der Waals surface area (Å²) in [5.74, 6) is 1.64.